The van der Waals surface area contributed by atoms with Gasteiger partial charge in [-0.05, 0) is 24.6 Å². The van der Waals surface area contributed by atoms with Gasteiger partial charge in [0.25, 0.3) is 0 Å². The van der Waals surface area contributed by atoms with E-state index in [-0.39, 0.29) is 4.90 Å². The number of anilines is 1. The van der Waals surface area contributed by atoms with Gasteiger partial charge in [0.1, 0.15) is 0 Å². The van der Waals surface area contributed by atoms with E-state index in [4.69, 9.17) is 5.73 Å². The van der Waals surface area contributed by atoms with Gasteiger partial charge in [0.05, 0.1) is 4.90 Å². The van der Waals surface area contributed by atoms with Gasteiger partial charge >= 0.3 is 0 Å². The van der Waals surface area contributed by atoms with Gasteiger partial charge in [-0.25, -0.2) is 8.42 Å². The Hall–Kier alpha value is -1.33. The van der Waals surface area contributed by atoms with Crippen LogP contribution in [-0.2, 0) is 10.0 Å². The first kappa shape index (κ1) is 13.7. The number of likely N-dealkylation sites (N-methyl/N-ethyl adjacent to an activating group) is 1. The topological polar surface area (TPSA) is 63.4 Å². The summed E-state index contributed by atoms with van der Waals surface area (Å²) in [7, 11) is -3.48. The Bertz CT molecular complexity index is 509. The molecule has 0 saturated carbocycles. The molecule has 0 heterocycles. The molecule has 0 aliphatic carbocycles. The van der Waals surface area contributed by atoms with Crippen molar-refractivity contribution in [1.82, 2.24) is 4.31 Å². The lowest BCUT2D eigenvalue weighted by molar-refractivity contribution is 0.459. The normalized spacial score (nSPS) is 11.7. The number of aryl methyl sites for hydroxylation is 1. The molecule has 0 atom stereocenters. The van der Waals surface area contributed by atoms with Crippen LogP contribution in [0.4, 0.5) is 5.69 Å². The van der Waals surface area contributed by atoms with Gasteiger partial charge in [-0.3, -0.25) is 0 Å². The molecule has 1 aromatic carbocycles. The lowest BCUT2D eigenvalue weighted by Crippen LogP contribution is -2.31. The van der Waals surface area contributed by atoms with Crippen LogP contribution in [0.1, 0.15) is 12.5 Å². The van der Waals surface area contributed by atoms with Crippen LogP contribution in [0.15, 0.2) is 35.7 Å². The van der Waals surface area contributed by atoms with E-state index in [1.54, 1.807) is 32.1 Å². The molecule has 1 rings (SSSR count). The predicted octanol–water partition coefficient (Wildman–Crippen LogP) is 1.77. The van der Waals surface area contributed by atoms with Crippen molar-refractivity contribution in [2.75, 3.05) is 18.8 Å². The summed E-state index contributed by atoms with van der Waals surface area (Å²) in [5.74, 6) is 0. The minimum atomic E-state index is -3.48. The molecule has 0 bridgehead atoms. The minimum absolute atomic E-state index is 0.265. The Morgan fingerprint density at radius 3 is 2.65 bits per heavy atom. The van der Waals surface area contributed by atoms with Crippen molar-refractivity contribution < 1.29 is 8.42 Å². The van der Waals surface area contributed by atoms with Crippen molar-refractivity contribution >= 4 is 15.7 Å². The Balaban J connectivity index is 3.29. The van der Waals surface area contributed by atoms with Crippen LogP contribution in [0.5, 0.6) is 0 Å². The molecular formula is C12H18N2O2S. The van der Waals surface area contributed by atoms with E-state index >= 15 is 0 Å². The highest BCUT2D eigenvalue weighted by molar-refractivity contribution is 7.89. The monoisotopic (exact) mass is 254 g/mol. The van der Waals surface area contributed by atoms with Crippen molar-refractivity contribution in [3.8, 4) is 0 Å². The Kier molecular flexibility index (Phi) is 4.31. The number of sulfonamides is 1. The summed E-state index contributed by atoms with van der Waals surface area (Å²) in [6, 6.07) is 4.90. The van der Waals surface area contributed by atoms with E-state index in [9.17, 15) is 8.42 Å². The SMILES string of the molecule is C=CCN(CC)S(=O)(=O)c1cc(N)ccc1C. The largest absolute Gasteiger partial charge is 0.399 e. The number of nitrogens with two attached hydrogens (primary N) is 1. The number of hydrogen-bond acceptors (Lipinski definition) is 3. The van der Waals surface area contributed by atoms with Crippen molar-refractivity contribution in [3.63, 3.8) is 0 Å². The van der Waals surface area contributed by atoms with E-state index in [1.165, 1.54) is 10.4 Å². The van der Waals surface area contributed by atoms with E-state index < -0.39 is 10.0 Å². The molecule has 4 nitrogen and oxygen atoms in total. The average Bonchev–Trinajstić information content (AvgIpc) is 2.28. The van der Waals surface area contributed by atoms with Gasteiger partial charge in [-0.2, -0.15) is 4.31 Å². The summed E-state index contributed by atoms with van der Waals surface area (Å²) in [4.78, 5) is 0.265. The van der Waals surface area contributed by atoms with Crippen LogP contribution in [0.2, 0.25) is 0 Å². The fourth-order valence-electron chi connectivity index (χ4n) is 1.57. The van der Waals surface area contributed by atoms with Gasteiger partial charge in [0, 0.05) is 18.8 Å². The van der Waals surface area contributed by atoms with Crippen molar-refractivity contribution in [1.29, 1.82) is 0 Å². The Labute approximate surface area is 103 Å². The third kappa shape index (κ3) is 2.87. The molecule has 2 N–H and O–H groups in total. The van der Waals surface area contributed by atoms with E-state index in [1.807, 2.05) is 0 Å². The second kappa shape index (κ2) is 5.33. The summed E-state index contributed by atoms with van der Waals surface area (Å²) in [5, 5.41) is 0. The molecule has 0 radical (unpaired) electrons. The highest BCUT2D eigenvalue weighted by atomic mass is 32.2. The molecule has 0 amide bonds. The van der Waals surface area contributed by atoms with Gasteiger partial charge in [0.15, 0.2) is 0 Å². The van der Waals surface area contributed by atoms with Gasteiger partial charge < -0.3 is 5.73 Å². The van der Waals surface area contributed by atoms with Crippen LogP contribution in [0, 0.1) is 6.92 Å². The van der Waals surface area contributed by atoms with Crippen LogP contribution < -0.4 is 5.73 Å². The van der Waals surface area contributed by atoms with Crippen molar-refractivity contribution in [3.05, 3.63) is 36.4 Å². The van der Waals surface area contributed by atoms with Crippen molar-refractivity contribution in [2.45, 2.75) is 18.7 Å². The molecule has 0 unspecified atom stereocenters. The van der Waals surface area contributed by atoms with Crippen molar-refractivity contribution in [2.24, 2.45) is 0 Å². The molecule has 0 fully saturated rings. The summed E-state index contributed by atoms with van der Waals surface area (Å²) in [5.41, 5.74) is 6.78. The van der Waals surface area contributed by atoms with Crippen LogP contribution >= 0.6 is 0 Å². The number of nitrogens with zero attached hydrogens (tertiary/aromatic N) is 1. The fraction of sp³-hybridized carbons (Fsp3) is 0.333. The Morgan fingerprint density at radius 1 is 1.47 bits per heavy atom. The van der Waals surface area contributed by atoms with E-state index in [2.05, 4.69) is 6.58 Å². The van der Waals surface area contributed by atoms with Gasteiger partial charge in [-0.1, -0.05) is 19.1 Å². The summed E-state index contributed by atoms with van der Waals surface area (Å²) < 4.78 is 26.1. The molecule has 17 heavy (non-hydrogen) atoms. The van der Waals surface area contributed by atoms with Gasteiger partial charge in [-0.15, -0.1) is 6.58 Å². The second-order valence-electron chi connectivity index (χ2n) is 3.77. The zero-order chi connectivity index (χ0) is 13.1. The lowest BCUT2D eigenvalue weighted by Gasteiger charge is -2.20. The molecular weight excluding hydrogens is 236 g/mol. The maximum atomic E-state index is 12.3. The smallest absolute Gasteiger partial charge is 0.243 e. The highest BCUT2D eigenvalue weighted by Gasteiger charge is 2.23. The standard InChI is InChI=1S/C12H18N2O2S/c1-4-8-14(5-2)17(15,16)12-9-11(13)7-6-10(12)3/h4,6-7,9H,1,5,8,13H2,2-3H3. The molecule has 1 aromatic rings. The number of rotatable bonds is 5. The molecule has 0 aliphatic rings. The third-order valence-electron chi connectivity index (χ3n) is 2.52. The number of hydrogen-bond donors (Lipinski definition) is 1. The average molecular weight is 254 g/mol. The van der Waals surface area contributed by atoms with Gasteiger partial charge in [0.2, 0.25) is 10.0 Å². The maximum Gasteiger partial charge on any atom is 0.243 e. The second-order valence-corrected chi connectivity index (χ2v) is 5.68. The lowest BCUT2D eigenvalue weighted by atomic mass is 10.2. The van der Waals surface area contributed by atoms with E-state index in [0.717, 1.165) is 0 Å². The predicted molar refractivity (Wildman–Crippen MR) is 70.2 cm³/mol. The summed E-state index contributed by atoms with van der Waals surface area (Å²) in [6.07, 6.45) is 1.57. The first-order valence-corrected chi connectivity index (χ1v) is 6.84. The molecule has 0 saturated heterocycles. The maximum absolute atomic E-state index is 12.3. The molecule has 0 spiro atoms. The number of benzene rings is 1. The fourth-order valence-corrected chi connectivity index (χ4v) is 3.25. The zero-order valence-electron chi connectivity index (χ0n) is 10.2. The van der Waals surface area contributed by atoms with E-state index in [0.29, 0.717) is 24.3 Å². The molecule has 5 heteroatoms. The quantitative estimate of drug-likeness (QED) is 0.643. The van der Waals surface area contributed by atoms with Crippen LogP contribution in [0.3, 0.4) is 0 Å². The molecule has 0 aliphatic heterocycles. The minimum Gasteiger partial charge on any atom is -0.399 e. The third-order valence-corrected chi connectivity index (χ3v) is 4.60. The molecule has 0 aromatic heterocycles. The summed E-state index contributed by atoms with van der Waals surface area (Å²) >= 11 is 0. The zero-order valence-corrected chi connectivity index (χ0v) is 11.0. The highest BCUT2D eigenvalue weighted by Crippen LogP contribution is 2.22. The Morgan fingerprint density at radius 2 is 2.12 bits per heavy atom. The van der Waals surface area contributed by atoms with Crippen LogP contribution in [0.25, 0.3) is 0 Å². The number of nitrogen functional groups attached to an aromatic ring is 1. The summed E-state index contributed by atoms with van der Waals surface area (Å²) in [6.45, 7) is 7.82. The first-order chi connectivity index (χ1) is 7.93. The first-order valence-electron chi connectivity index (χ1n) is 5.40. The molecule has 94 valence electrons. The van der Waals surface area contributed by atoms with Crippen LogP contribution in [-0.4, -0.2) is 25.8 Å².